The molecule has 1 aromatic heterocycles. The quantitative estimate of drug-likeness (QED) is 0.273. The van der Waals surface area contributed by atoms with Crippen LogP contribution in [0, 0.1) is 11.6 Å². The van der Waals surface area contributed by atoms with Crippen molar-refractivity contribution in [3.63, 3.8) is 0 Å². The number of hydrogen-bond donors (Lipinski definition) is 0. The van der Waals surface area contributed by atoms with Gasteiger partial charge in [0.2, 0.25) is 0 Å². The van der Waals surface area contributed by atoms with E-state index in [9.17, 15) is 13.6 Å². The molecule has 0 radical (unpaired) electrons. The van der Waals surface area contributed by atoms with Crippen LogP contribution in [-0.4, -0.2) is 54.0 Å². The van der Waals surface area contributed by atoms with Crippen molar-refractivity contribution in [2.45, 2.75) is 19.6 Å². The van der Waals surface area contributed by atoms with Crippen LogP contribution in [0.5, 0.6) is 5.75 Å². The molecule has 1 aliphatic heterocycles. The number of nitrogens with zero attached hydrogens (tertiary/aromatic N) is 4. The van der Waals surface area contributed by atoms with Gasteiger partial charge in [0.25, 0.3) is 5.91 Å². The van der Waals surface area contributed by atoms with Crippen LogP contribution in [0.2, 0.25) is 0 Å². The maximum Gasteiger partial charge on any atom is 0.273 e. The summed E-state index contributed by atoms with van der Waals surface area (Å²) >= 11 is 1.45. The highest BCUT2D eigenvalue weighted by Gasteiger charge is 2.24. The number of piperazine rings is 1. The number of rotatable bonds is 9. The lowest BCUT2D eigenvalue weighted by atomic mass is 10.1. The van der Waals surface area contributed by atoms with E-state index >= 15 is 0 Å². The molecule has 4 aromatic rings. The first kappa shape index (κ1) is 26.8. The lowest BCUT2D eigenvalue weighted by molar-refractivity contribution is 0.0741. The maximum atomic E-state index is 13.4. The maximum absolute atomic E-state index is 13.4. The van der Waals surface area contributed by atoms with Gasteiger partial charge in [-0.25, -0.2) is 13.8 Å². The summed E-state index contributed by atoms with van der Waals surface area (Å²) in [5.41, 5.74) is 3.49. The van der Waals surface area contributed by atoms with Crippen molar-refractivity contribution in [3.05, 3.63) is 112 Å². The topological polar surface area (TPSA) is 48.9 Å². The van der Waals surface area contributed by atoms with Crippen LogP contribution in [-0.2, 0) is 19.6 Å². The molecule has 0 bridgehead atoms. The van der Waals surface area contributed by atoms with E-state index in [-0.39, 0.29) is 17.5 Å². The molecule has 0 saturated carbocycles. The van der Waals surface area contributed by atoms with E-state index in [1.807, 2.05) is 34.5 Å². The Morgan fingerprint density at radius 3 is 1.95 bits per heavy atom. The van der Waals surface area contributed by atoms with Crippen LogP contribution in [0.1, 0.15) is 26.6 Å². The molecule has 0 unspecified atom stereocenters. The summed E-state index contributed by atoms with van der Waals surface area (Å²) in [6.07, 6.45) is 0. The first-order valence-corrected chi connectivity index (χ1v) is 13.7. The fraction of sp³-hybridized carbons (Fsp3) is 0.267. The van der Waals surface area contributed by atoms with Crippen molar-refractivity contribution < 1.29 is 18.3 Å². The molecule has 1 saturated heterocycles. The van der Waals surface area contributed by atoms with E-state index in [2.05, 4.69) is 14.8 Å². The Morgan fingerprint density at radius 1 is 0.846 bits per heavy atom. The van der Waals surface area contributed by atoms with Crippen molar-refractivity contribution >= 4 is 22.9 Å². The Balaban J connectivity index is 1.22. The second kappa shape index (κ2) is 12.4. The van der Waals surface area contributed by atoms with Crippen LogP contribution >= 0.6 is 11.3 Å². The number of benzene rings is 3. The summed E-state index contributed by atoms with van der Waals surface area (Å²) in [4.78, 5) is 24.2. The summed E-state index contributed by atoms with van der Waals surface area (Å²) in [5, 5.41) is 2.64. The Kier molecular flexibility index (Phi) is 8.48. The van der Waals surface area contributed by atoms with Gasteiger partial charge in [0.15, 0.2) is 0 Å². The zero-order valence-corrected chi connectivity index (χ0v) is 22.5. The monoisotopic (exact) mass is 548 g/mol. The molecule has 1 amide bonds. The minimum Gasteiger partial charge on any atom is -0.497 e. The van der Waals surface area contributed by atoms with E-state index in [0.717, 1.165) is 40.7 Å². The molecule has 1 fully saturated rings. The minimum absolute atomic E-state index is 0.0597. The van der Waals surface area contributed by atoms with Gasteiger partial charge >= 0.3 is 0 Å². The van der Waals surface area contributed by atoms with E-state index in [0.29, 0.717) is 38.4 Å². The zero-order chi connectivity index (χ0) is 27.2. The largest absolute Gasteiger partial charge is 0.497 e. The van der Waals surface area contributed by atoms with E-state index in [1.54, 1.807) is 31.4 Å². The second-order valence-electron chi connectivity index (χ2n) is 9.50. The number of carbonyl (C=O) groups excluding carboxylic acids is 1. The zero-order valence-electron chi connectivity index (χ0n) is 21.7. The number of ether oxygens (including phenoxy) is 1. The fourth-order valence-corrected chi connectivity index (χ4v) is 5.47. The van der Waals surface area contributed by atoms with Gasteiger partial charge in [0, 0.05) is 50.3 Å². The van der Waals surface area contributed by atoms with Gasteiger partial charge in [0.1, 0.15) is 28.1 Å². The van der Waals surface area contributed by atoms with E-state index in [4.69, 9.17) is 4.74 Å². The summed E-state index contributed by atoms with van der Waals surface area (Å²) in [6, 6.07) is 20.8. The predicted molar refractivity (Wildman–Crippen MR) is 149 cm³/mol. The van der Waals surface area contributed by atoms with Crippen molar-refractivity contribution in [1.29, 1.82) is 0 Å². The average Bonchev–Trinajstić information content (AvgIpc) is 3.43. The third kappa shape index (κ3) is 6.99. The Hall–Kier alpha value is -3.82. The molecule has 202 valence electrons. The van der Waals surface area contributed by atoms with Crippen molar-refractivity contribution in [3.8, 4) is 5.75 Å². The molecule has 39 heavy (non-hydrogen) atoms. The number of aromatic nitrogens is 1. The molecule has 6 nitrogen and oxygen atoms in total. The predicted octanol–water partition coefficient (Wildman–Crippen LogP) is 5.59. The van der Waals surface area contributed by atoms with Crippen LogP contribution in [0.4, 0.5) is 14.5 Å². The smallest absolute Gasteiger partial charge is 0.273 e. The molecule has 0 spiro atoms. The van der Waals surface area contributed by atoms with Gasteiger partial charge in [-0.3, -0.25) is 9.69 Å². The van der Waals surface area contributed by atoms with Gasteiger partial charge in [-0.15, -0.1) is 11.3 Å². The highest BCUT2D eigenvalue weighted by Crippen LogP contribution is 2.22. The molecule has 2 heterocycles. The van der Waals surface area contributed by atoms with Crippen LogP contribution in [0.25, 0.3) is 0 Å². The molecule has 3 aromatic carbocycles. The minimum atomic E-state index is -0.281. The Bertz CT molecular complexity index is 1320. The van der Waals surface area contributed by atoms with E-state index < -0.39 is 0 Å². The number of methoxy groups -OCH3 is 1. The Labute approximate surface area is 231 Å². The third-order valence-corrected chi connectivity index (χ3v) is 7.61. The van der Waals surface area contributed by atoms with Crippen molar-refractivity contribution in [2.75, 3.05) is 38.2 Å². The number of carbonyl (C=O) groups is 1. The summed E-state index contributed by atoms with van der Waals surface area (Å²) in [6.45, 7) is 4.38. The molecule has 9 heteroatoms. The van der Waals surface area contributed by atoms with Gasteiger partial charge in [0.05, 0.1) is 13.7 Å². The Morgan fingerprint density at radius 2 is 1.41 bits per heavy atom. The summed E-state index contributed by atoms with van der Waals surface area (Å²) < 4.78 is 32.1. The molecule has 5 rings (SSSR count). The molecule has 0 N–H and O–H groups in total. The normalized spacial score (nSPS) is 13.6. The van der Waals surface area contributed by atoms with Crippen LogP contribution in [0.15, 0.2) is 78.2 Å². The van der Waals surface area contributed by atoms with Gasteiger partial charge < -0.3 is 14.5 Å². The SMILES string of the molecule is COc1ccc(N2CCN(C(=O)c3csc(CN(Cc4ccc(F)cc4)Cc4ccc(F)cc4)n3)CC2)cc1. The van der Waals surface area contributed by atoms with Crippen LogP contribution < -0.4 is 9.64 Å². The summed E-state index contributed by atoms with van der Waals surface area (Å²) in [5.74, 6) is 0.199. The highest BCUT2D eigenvalue weighted by atomic mass is 32.1. The number of halogens is 2. The second-order valence-corrected chi connectivity index (χ2v) is 10.4. The first-order chi connectivity index (χ1) is 19.0. The van der Waals surface area contributed by atoms with Crippen molar-refractivity contribution in [2.24, 2.45) is 0 Å². The highest BCUT2D eigenvalue weighted by molar-refractivity contribution is 7.09. The first-order valence-electron chi connectivity index (χ1n) is 12.8. The molecule has 0 atom stereocenters. The fourth-order valence-electron chi connectivity index (χ4n) is 4.66. The number of amides is 1. The standard InChI is InChI=1S/C30H30F2N4O2S/c1-38-27-12-10-26(11-13-27)35-14-16-36(17-15-35)30(37)28-21-39-29(33-28)20-34(18-22-2-6-24(31)7-3-22)19-23-4-8-25(32)9-5-23/h2-13,21H,14-20H2,1H3. The molecule has 1 aliphatic rings. The third-order valence-electron chi connectivity index (χ3n) is 6.77. The molecular formula is C30H30F2N4O2S. The number of hydrogen-bond acceptors (Lipinski definition) is 6. The van der Waals surface area contributed by atoms with E-state index in [1.165, 1.54) is 35.6 Å². The average molecular weight is 549 g/mol. The molecular weight excluding hydrogens is 518 g/mol. The van der Waals surface area contributed by atoms with Crippen molar-refractivity contribution in [1.82, 2.24) is 14.8 Å². The lowest BCUT2D eigenvalue weighted by Gasteiger charge is -2.35. The molecule has 0 aliphatic carbocycles. The van der Waals surface area contributed by atoms with Gasteiger partial charge in [-0.05, 0) is 59.7 Å². The number of thiazole rings is 1. The lowest BCUT2D eigenvalue weighted by Crippen LogP contribution is -2.48. The summed E-state index contributed by atoms with van der Waals surface area (Å²) in [7, 11) is 1.65. The van der Waals surface area contributed by atoms with Gasteiger partial charge in [-0.1, -0.05) is 24.3 Å². The van der Waals surface area contributed by atoms with Crippen LogP contribution in [0.3, 0.4) is 0 Å². The number of anilines is 1. The van der Waals surface area contributed by atoms with Gasteiger partial charge in [-0.2, -0.15) is 0 Å².